The molecule has 0 spiro atoms. The highest BCUT2D eigenvalue weighted by Crippen LogP contribution is 2.43. The molecule has 2 fully saturated rings. The quantitative estimate of drug-likeness (QED) is 0.374. The molecule has 2 aliphatic rings. The van der Waals surface area contributed by atoms with E-state index < -0.39 is 0 Å². The lowest BCUT2D eigenvalue weighted by molar-refractivity contribution is 0.0951. The van der Waals surface area contributed by atoms with E-state index in [2.05, 4.69) is 28.3 Å². The van der Waals surface area contributed by atoms with Crippen LogP contribution in [0.1, 0.15) is 79.0 Å². The second-order valence-electron chi connectivity index (χ2n) is 10.1. The van der Waals surface area contributed by atoms with Gasteiger partial charge in [-0.2, -0.15) is 0 Å². The number of amides is 1. The van der Waals surface area contributed by atoms with Gasteiger partial charge in [-0.3, -0.25) is 9.78 Å². The molecule has 2 N–H and O–H groups in total. The number of pyridine rings is 1. The molecule has 6 heteroatoms. The number of hydrogen-bond acceptors (Lipinski definition) is 3. The summed E-state index contributed by atoms with van der Waals surface area (Å²) in [6, 6.07) is 13.0. The first-order valence-corrected chi connectivity index (χ1v) is 12.4. The van der Waals surface area contributed by atoms with Gasteiger partial charge < -0.3 is 10.3 Å². The van der Waals surface area contributed by atoms with Gasteiger partial charge in [0.2, 0.25) is 0 Å². The van der Waals surface area contributed by atoms with Crippen molar-refractivity contribution in [1.82, 2.24) is 20.3 Å². The van der Waals surface area contributed by atoms with Gasteiger partial charge in [-0.1, -0.05) is 6.92 Å². The fraction of sp³-hybridized carbons (Fsp3) is 0.393. The summed E-state index contributed by atoms with van der Waals surface area (Å²) in [6.45, 7) is 2.25. The largest absolute Gasteiger partial charge is 0.349 e. The monoisotopic (exact) mass is 456 g/mol. The van der Waals surface area contributed by atoms with Crippen molar-refractivity contribution in [2.75, 3.05) is 0 Å². The van der Waals surface area contributed by atoms with Gasteiger partial charge in [0.05, 0.1) is 16.6 Å². The number of aromatic nitrogens is 3. The van der Waals surface area contributed by atoms with E-state index in [9.17, 15) is 9.18 Å². The number of halogens is 1. The topological polar surface area (TPSA) is 70.7 Å². The first kappa shape index (κ1) is 21.3. The third-order valence-electron chi connectivity index (χ3n) is 7.76. The van der Waals surface area contributed by atoms with Crippen LogP contribution in [0.25, 0.3) is 21.9 Å². The highest BCUT2D eigenvalue weighted by molar-refractivity contribution is 5.97. The van der Waals surface area contributed by atoms with Crippen LogP contribution in [0.5, 0.6) is 0 Å². The lowest BCUT2D eigenvalue weighted by Gasteiger charge is -2.32. The molecule has 1 atom stereocenters. The molecule has 2 heterocycles. The van der Waals surface area contributed by atoms with E-state index in [1.54, 1.807) is 12.1 Å². The van der Waals surface area contributed by atoms with Gasteiger partial charge in [0.25, 0.3) is 5.91 Å². The van der Waals surface area contributed by atoms with Gasteiger partial charge in [0.1, 0.15) is 11.6 Å². The minimum absolute atomic E-state index is 0.00422. The third kappa shape index (κ3) is 4.06. The molecule has 6 rings (SSSR count). The predicted octanol–water partition coefficient (Wildman–Crippen LogP) is 6.22. The molecule has 0 bridgehead atoms. The van der Waals surface area contributed by atoms with E-state index in [0.29, 0.717) is 29.4 Å². The Hall–Kier alpha value is -3.28. The second kappa shape index (κ2) is 8.49. The van der Waals surface area contributed by atoms with Gasteiger partial charge >= 0.3 is 0 Å². The van der Waals surface area contributed by atoms with Crippen molar-refractivity contribution in [2.45, 2.75) is 63.3 Å². The van der Waals surface area contributed by atoms with Gasteiger partial charge in [-0.05, 0) is 98.4 Å². The molecule has 0 radical (unpaired) electrons. The Bertz CT molecular complexity index is 1370. The first-order chi connectivity index (χ1) is 16.5. The fourth-order valence-electron chi connectivity index (χ4n) is 5.53. The Kier molecular flexibility index (Phi) is 5.31. The van der Waals surface area contributed by atoms with Crippen LogP contribution >= 0.6 is 0 Å². The highest BCUT2D eigenvalue weighted by Gasteiger charge is 2.29. The molecular formula is C28H29FN4O. The van der Waals surface area contributed by atoms with E-state index in [-0.39, 0.29) is 11.7 Å². The van der Waals surface area contributed by atoms with Crippen molar-refractivity contribution in [3.05, 3.63) is 71.4 Å². The number of aromatic amines is 1. The summed E-state index contributed by atoms with van der Waals surface area (Å²) >= 11 is 0. The molecule has 2 aromatic heterocycles. The second-order valence-corrected chi connectivity index (χ2v) is 10.1. The summed E-state index contributed by atoms with van der Waals surface area (Å²) in [5, 5.41) is 3.99. The van der Waals surface area contributed by atoms with Crippen LogP contribution in [0.4, 0.5) is 4.39 Å². The predicted molar refractivity (Wildman–Crippen MR) is 131 cm³/mol. The molecule has 5 nitrogen and oxygen atoms in total. The minimum atomic E-state index is -0.206. The smallest absolute Gasteiger partial charge is 0.251 e. The Labute approximate surface area is 198 Å². The number of imidazole rings is 1. The SMILES string of the molecule is CC(c1nc2ccc(C(=O)NC3CC3)cc2[nH]1)C1CCC(c2ccnc3ccc(F)cc23)CC1. The number of benzene rings is 2. The number of carbonyl (C=O) groups is 1. The molecule has 34 heavy (non-hydrogen) atoms. The van der Waals surface area contributed by atoms with Crippen LogP contribution < -0.4 is 5.32 Å². The Morgan fingerprint density at radius 3 is 2.62 bits per heavy atom. The Morgan fingerprint density at radius 2 is 1.82 bits per heavy atom. The standard InChI is InChI=1S/C28H29FN4O/c1-16(27-32-25-10-6-19(14-26(25)33-27)28(34)31-21-8-9-21)17-2-4-18(5-3-17)22-12-13-30-24-11-7-20(29)15-23(22)24/h6-7,10-18,21H,2-5,8-9H2,1H3,(H,31,34)(H,32,33). The van der Waals surface area contributed by atoms with Crippen molar-refractivity contribution in [1.29, 1.82) is 0 Å². The van der Waals surface area contributed by atoms with Gasteiger partial charge in [0, 0.05) is 29.1 Å². The molecule has 2 aliphatic carbocycles. The number of fused-ring (bicyclic) bond motifs is 2. The average molecular weight is 457 g/mol. The Morgan fingerprint density at radius 1 is 1.03 bits per heavy atom. The molecular weight excluding hydrogens is 427 g/mol. The fourth-order valence-corrected chi connectivity index (χ4v) is 5.53. The van der Waals surface area contributed by atoms with Crippen LogP contribution in [0, 0.1) is 11.7 Å². The highest BCUT2D eigenvalue weighted by atomic mass is 19.1. The van der Waals surface area contributed by atoms with Crippen LogP contribution in [-0.4, -0.2) is 26.9 Å². The molecule has 2 saturated carbocycles. The number of nitrogens with one attached hydrogen (secondary N) is 2. The van der Waals surface area contributed by atoms with Gasteiger partial charge in [0.15, 0.2) is 0 Å². The van der Waals surface area contributed by atoms with E-state index in [0.717, 1.165) is 66.3 Å². The van der Waals surface area contributed by atoms with Crippen LogP contribution in [0.3, 0.4) is 0 Å². The van der Waals surface area contributed by atoms with Crippen LogP contribution in [-0.2, 0) is 0 Å². The molecule has 1 unspecified atom stereocenters. The van der Waals surface area contributed by atoms with Gasteiger partial charge in [-0.25, -0.2) is 9.37 Å². The zero-order valence-corrected chi connectivity index (χ0v) is 19.4. The van der Waals surface area contributed by atoms with Crippen molar-refractivity contribution < 1.29 is 9.18 Å². The number of carbonyl (C=O) groups excluding carboxylic acids is 1. The number of H-pyrrole nitrogens is 1. The van der Waals surface area contributed by atoms with Crippen LogP contribution in [0.15, 0.2) is 48.7 Å². The summed E-state index contributed by atoms with van der Waals surface area (Å²) in [5.74, 6) is 2.06. The zero-order chi connectivity index (χ0) is 23.2. The summed E-state index contributed by atoms with van der Waals surface area (Å²) in [4.78, 5) is 25.2. The summed E-state index contributed by atoms with van der Waals surface area (Å²) in [6.07, 6.45) is 8.38. The lowest BCUT2D eigenvalue weighted by Crippen LogP contribution is -2.25. The van der Waals surface area contributed by atoms with Crippen molar-refractivity contribution in [3.63, 3.8) is 0 Å². The summed E-state index contributed by atoms with van der Waals surface area (Å²) < 4.78 is 13.9. The summed E-state index contributed by atoms with van der Waals surface area (Å²) in [7, 11) is 0. The molecule has 174 valence electrons. The first-order valence-electron chi connectivity index (χ1n) is 12.4. The van der Waals surface area contributed by atoms with Crippen molar-refractivity contribution in [3.8, 4) is 0 Å². The van der Waals surface area contributed by atoms with Crippen LogP contribution in [0.2, 0.25) is 0 Å². The van der Waals surface area contributed by atoms with Crippen molar-refractivity contribution in [2.24, 2.45) is 5.92 Å². The number of rotatable bonds is 5. The number of hydrogen-bond donors (Lipinski definition) is 2. The number of nitrogens with zero attached hydrogens (tertiary/aromatic N) is 2. The molecule has 0 saturated heterocycles. The van der Waals surface area contributed by atoms with E-state index in [1.807, 2.05) is 24.4 Å². The van der Waals surface area contributed by atoms with E-state index in [1.165, 1.54) is 11.6 Å². The Balaban J connectivity index is 1.16. The summed E-state index contributed by atoms with van der Waals surface area (Å²) in [5.41, 5.74) is 4.59. The normalized spacial score (nSPS) is 21.6. The van der Waals surface area contributed by atoms with E-state index >= 15 is 0 Å². The maximum atomic E-state index is 13.9. The average Bonchev–Trinajstić information content (AvgIpc) is 3.57. The molecule has 2 aromatic carbocycles. The van der Waals surface area contributed by atoms with Crippen molar-refractivity contribution >= 4 is 27.8 Å². The van der Waals surface area contributed by atoms with Gasteiger partial charge in [-0.15, -0.1) is 0 Å². The lowest BCUT2D eigenvalue weighted by atomic mass is 9.73. The third-order valence-corrected chi connectivity index (χ3v) is 7.76. The van der Waals surface area contributed by atoms with E-state index in [4.69, 9.17) is 4.98 Å². The zero-order valence-electron chi connectivity index (χ0n) is 19.4. The molecule has 4 aromatic rings. The molecule has 0 aliphatic heterocycles. The maximum absolute atomic E-state index is 13.9. The molecule has 1 amide bonds. The maximum Gasteiger partial charge on any atom is 0.251 e. The minimum Gasteiger partial charge on any atom is -0.349 e.